The van der Waals surface area contributed by atoms with E-state index in [-0.39, 0.29) is 11.6 Å². The van der Waals surface area contributed by atoms with E-state index in [9.17, 15) is 9.90 Å². The molecule has 122 valence electrons. The number of aromatic carboxylic acids is 1. The molecule has 0 fully saturated rings. The first-order valence-corrected chi connectivity index (χ1v) is 7.69. The molecule has 6 heteroatoms. The van der Waals surface area contributed by atoms with E-state index in [1.54, 1.807) is 17.1 Å². The van der Waals surface area contributed by atoms with Gasteiger partial charge in [-0.05, 0) is 24.1 Å². The average molecular weight is 322 g/mol. The van der Waals surface area contributed by atoms with Crippen molar-refractivity contribution in [1.82, 2.24) is 9.97 Å². The molecule has 3 rings (SSSR count). The van der Waals surface area contributed by atoms with Crippen LogP contribution in [-0.2, 0) is 0 Å². The molecule has 1 aromatic heterocycles. The molecule has 6 nitrogen and oxygen atoms in total. The molecule has 1 atom stereocenters. The van der Waals surface area contributed by atoms with Gasteiger partial charge in [-0.3, -0.25) is 5.01 Å². The second kappa shape index (κ2) is 6.64. The number of fused-ring (bicyclic) bond motifs is 1. The number of hydrazine groups is 1. The maximum absolute atomic E-state index is 11.4. The number of carbonyl (C=O) groups is 1. The van der Waals surface area contributed by atoms with Crippen LogP contribution in [0.3, 0.4) is 0 Å². The molecule has 1 heterocycles. The zero-order valence-corrected chi connectivity index (χ0v) is 13.3. The van der Waals surface area contributed by atoms with E-state index in [1.165, 1.54) is 12.4 Å². The quantitative estimate of drug-likeness (QED) is 0.554. The highest BCUT2D eigenvalue weighted by Crippen LogP contribution is 2.30. The van der Waals surface area contributed by atoms with Crippen molar-refractivity contribution in [1.29, 1.82) is 0 Å². The van der Waals surface area contributed by atoms with Crippen LogP contribution >= 0.6 is 0 Å². The third-order valence-corrected chi connectivity index (χ3v) is 4.03. The van der Waals surface area contributed by atoms with E-state index in [0.717, 1.165) is 12.0 Å². The van der Waals surface area contributed by atoms with E-state index in [4.69, 9.17) is 5.84 Å². The van der Waals surface area contributed by atoms with Gasteiger partial charge in [0.1, 0.15) is 6.33 Å². The number of anilines is 1. The van der Waals surface area contributed by atoms with Crippen LogP contribution in [0, 0.1) is 0 Å². The molecular weight excluding hydrogens is 304 g/mol. The van der Waals surface area contributed by atoms with E-state index >= 15 is 0 Å². The zero-order valence-electron chi connectivity index (χ0n) is 13.3. The summed E-state index contributed by atoms with van der Waals surface area (Å²) in [6.07, 6.45) is 2.13. The lowest BCUT2D eigenvalue weighted by Crippen LogP contribution is -2.36. The Morgan fingerprint density at radius 1 is 1.17 bits per heavy atom. The fourth-order valence-corrected chi connectivity index (χ4v) is 2.87. The lowest BCUT2D eigenvalue weighted by molar-refractivity contribution is 0.0699. The Labute approximate surface area is 139 Å². The minimum Gasteiger partial charge on any atom is -0.478 e. The van der Waals surface area contributed by atoms with Gasteiger partial charge in [0.05, 0.1) is 17.1 Å². The van der Waals surface area contributed by atoms with Crippen molar-refractivity contribution >= 4 is 22.7 Å². The van der Waals surface area contributed by atoms with Gasteiger partial charge < -0.3 is 5.11 Å². The Morgan fingerprint density at radius 2 is 1.92 bits per heavy atom. The van der Waals surface area contributed by atoms with Crippen molar-refractivity contribution in [3.63, 3.8) is 0 Å². The van der Waals surface area contributed by atoms with Crippen LogP contribution in [0.4, 0.5) is 5.82 Å². The third-order valence-electron chi connectivity index (χ3n) is 4.03. The highest BCUT2D eigenvalue weighted by molar-refractivity contribution is 6.04. The molecule has 0 spiro atoms. The fourth-order valence-electron chi connectivity index (χ4n) is 2.87. The predicted molar refractivity (Wildman–Crippen MR) is 92.6 cm³/mol. The third kappa shape index (κ3) is 2.79. The van der Waals surface area contributed by atoms with E-state index in [2.05, 4.69) is 9.97 Å². The number of aromatic nitrogens is 2. The van der Waals surface area contributed by atoms with Crippen LogP contribution in [-0.4, -0.2) is 21.0 Å². The van der Waals surface area contributed by atoms with Gasteiger partial charge in [0, 0.05) is 5.39 Å². The number of nitrogens with two attached hydrogens (primary N) is 1. The van der Waals surface area contributed by atoms with Crippen molar-refractivity contribution in [3.05, 3.63) is 66.0 Å². The standard InChI is InChI=1S/C18H18N4O2/c1-2-15(12-7-4-3-5-8-12)22(19)17-13-9-6-10-14(18(23)24)16(13)20-11-21-17/h3-11,15H,2,19H2,1H3,(H,23,24). The molecule has 0 saturated heterocycles. The number of nitrogens with zero attached hydrogens (tertiary/aromatic N) is 3. The zero-order chi connectivity index (χ0) is 17.1. The van der Waals surface area contributed by atoms with Gasteiger partial charge in [0.15, 0.2) is 5.82 Å². The summed E-state index contributed by atoms with van der Waals surface area (Å²) in [5, 5.41) is 11.5. The maximum atomic E-state index is 11.4. The Balaban J connectivity index is 2.11. The van der Waals surface area contributed by atoms with Crippen molar-refractivity contribution in [2.45, 2.75) is 19.4 Å². The lowest BCUT2D eigenvalue weighted by Gasteiger charge is -2.28. The SMILES string of the molecule is CCC(c1ccccc1)N(N)c1ncnc2c(C(=O)O)cccc12. The van der Waals surface area contributed by atoms with Gasteiger partial charge in [-0.25, -0.2) is 20.6 Å². The van der Waals surface area contributed by atoms with Crippen LogP contribution in [0.1, 0.15) is 35.3 Å². The summed E-state index contributed by atoms with van der Waals surface area (Å²) in [4.78, 5) is 19.8. The van der Waals surface area contributed by atoms with Gasteiger partial charge in [0.25, 0.3) is 0 Å². The summed E-state index contributed by atoms with van der Waals surface area (Å²) in [5.74, 6) is 5.86. The smallest absolute Gasteiger partial charge is 0.337 e. The molecule has 0 radical (unpaired) electrons. The van der Waals surface area contributed by atoms with Crippen LogP contribution in [0.25, 0.3) is 10.9 Å². The van der Waals surface area contributed by atoms with Gasteiger partial charge >= 0.3 is 5.97 Å². The first-order valence-electron chi connectivity index (χ1n) is 7.69. The van der Waals surface area contributed by atoms with E-state index in [1.807, 2.05) is 37.3 Å². The second-order valence-corrected chi connectivity index (χ2v) is 5.45. The predicted octanol–water partition coefficient (Wildman–Crippen LogP) is 3.16. The van der Waals surface area contributed by atoms with E-state index in [0.29, 0.717) is 16.7 Å². The van der Waals surface area contributed by atoms with Crippen LogP contribution < -0.4 is 10.9 Å². The first kappa shape index (κ1) is 15.9. The molecule has 0 saturated carbocycles. The van der Waals surface area contributed by atoms with E-state index < -0.39 is 5.97 Å². The summed E-state index contributed by atoms with van der Waals surface area (Å²) in [5.41, 5.74) is 1.59. The number of rotatable bonds is 5. The Bertz CT molecular complexity index is 867. The van der Waals surface area contributed by atoms with Crippen molar-refractivity contribution in [3.8, 4) is 0 Å². The summed E-state index contributed by atoms with van der Waals surface area (Å²) in [6.45, 7) is 2.05. The summed E-state index contributed by atoms with van der Waals surface area (Å²) in [7, 11) is 0. The Hall–Kier alpha value is -2.99. The van der Waals surface area contributed by atoms with Crippen LogP contribution in [0.15, 0.2) is 54.9 Å². The average Bonchev–Trinajstić information content (AvgIpc) is 2.62. The first-order chi connectivity index (χ1) is 11.6. The largest absolute Gasteiger partial charge is 0.478 e. The second-order valence-electron chi connectivity index (χ2n) is 5.45. The van der Waals surface area contributed by atoms with Crippen molar-refractivity contribution < 1.29 is 9.90 Å². The van der Waals surface area contributed by atoms with Gasteiger partial charge in [-0.15, -0.1) is 0 Å². The van der Waals surface area contributed by atoms with Crippen molar-refractivity contribution in [2.24, 2.45) is 5.84 Å². The van der Waals surface area contributed by atoms with Gasteiger partial charge in [0.2, 0.25) is 0 Å². The maximum Gasteiger partial charge on any atom is 0.337 e. The molecule has 0 aliphatic rings. The lowest BCUT2D eigenvalue weighted by atomic mass is 10.0. The highest BCUT2D eigenvalue weighted by Gasteiger charge is 2.21. The number of hydrogen-bond acceptors (Lipinski definition) is 5. The molecule has 0 aliphatic heterocycles. The highest BCUT2D eigenvalue weighted by atomic mass is 16.4. The number of carboxylic acids is 1. The normalized spacial score (nSPS) is 12.1. The molecule has 3 N–H and O–H groups in total. The summed E-state index contributed by atoms with van der Waals surface area (Å²) >= 11 is 0. The molecule has 0 aliphatic carbocycles. The summed E-state index contributed by atoms with van der Waals surface area (Å²) in [6, 6.07) is 14.8. The Morgan fingerprint density at radius 3 is 2.58 bits per heavy atom. The van der Waals surface area contributed by atoms with Crippen LogP contribution in [0.5, 0.6) is 0 Å². The molecule has 0 bridgehead atoms. The topological polar surface area (TPSA) is 92.3 Å². The van der Waals surface area contributed by atoms with Crippen molar-refractivity contribution in [2.75, 3.05) is 5.01 Å². The molecule has 0 amide bonds. The minimum absolute atomic E-state index is 0.0715. The number of benzene rings is 2. The van der Waals surface area contributed by atoms with Gasteiger partial charge in [-0.2, -0.15) is 0 Å². The molecule has 1 unspecified atom stereocenters. The molecule has 2 aromatic carbocycles. The molecule has 3 aromatic rings. The molecule has 24 heavy (non-hydrogen) atoms. The number of para-hydroxylation sites is 1. The Kier molecular flexibility index (Phi) is 4.39. The summed E-state index contributed by atoms with van der Waals surface area (Å²) < 4.78 is 0. The van der Waals surface area contributed by atoms with Gasteiger partial charge in [-0.1, -0.05) is 43.3 Å². The minimum atomic E-state index is -1.02. The van der Waals surface area contributed by atoms with Crippen LogP contribution in [0.2, 0.25) is 0 Å². The molecular formula is C18H18N4O2. The fraction of sp³-hybridized carbons (Fsp3) is 0.167. The number of carboxylic acid groups (broad SMARTS) is 1. The number of hydrogen-bond donors (Lipinski definition) is 2. The monoisotopic (exact) mass is 322 g/mol.